The van der Waals surface area contributed by atoms with Crippen LogP contribution in [-0.2, 0) is 12.1 Å². The third-order valence-corrected chi connectivity index (χ3v) is 3.72. The minimum absolute atomic E-state index is 0.259. The first-order chi connectivity index (χ1) is 8.16. The number of nitrogens with one attached hydrogen (secondary N) is 1. The fraction of sp³-hybridized carbons (Fsp3) is 0.769. The highest BCUT2D eigenvalue weighted by Crippen LogP contribution is 2.32. The van der Waals surface area contributed by atoms with Crippen LogP contribution in [0.1, 0.15) is 38.9 Å². The van der Waals surface area contributed by atoms with Crippen molar-refractivity contribution < 1.29 is 5.11 Å². The van der Waals surface area contributed by atoms with Gasteiger partial charge in [-0.05, 0) is 32.7 Å². The Morgan fingerprint density at radius 2 is 2.47 bits per heavy atom. The second-order valence-electron chi connectivity index (χ2n) is 5.14. The summed E-state index contributed by atoms with van der Waals surface area (Å²) in [6.07, 6.45) is 7.01. The Kier molecular flexibility index (Phi) is 3.84. The normalized spacial score (nSPS) is 24.5. The van der Waals surface area contributed by atoms with Gasteiger partial charge in [-0.25, -0.2) is 4.98 Å². The van der Waals surface area contributed by atoms with Gasteiger partial charge >= 0.3 is 0 Å². The van der Waals surface area contributed by atoms with Gasteiger partial charge in [0.2, 0.25) is 0 Å². The topological polar surface area (TPSA) is 50.1 Å². The zero-order valence-corrected chi connectivity index (χ0v) is 10.8. The molecule has 0 amide bonds. The van der Waals surface area contributed by atoms with Crippen LogP contribution in [0, 0.1) is 5.92 Å². The molecule has 0 aliphatic carbocycles. The van der Waals surface area contributed by atoms with E-state index in [9.17, 15) is 5.11 Å². The van der Waals surface area contributed by atoms with Gasteiger partial charge in [0.1, 0.15) is 11.4 Å². The van der Waals surface area contributed by atoms with Crippen molar-refractivity contribution in [3.05, 3.63) is 18.2 Å². The van der Waals surface area contributed by atoms with Crippen LogP contribution in [0.15, 0.2) is 12.4 Å². The van der Waals surface area contributed by atoms with Crippen molar-refractivity contribution in [1.82, 2.24) is 14.9 Å². The van der Waals surface area contributed by atoms with E-state index in [2.05, 4.69) is 21.8 Å². The van der Waals surface area contributed by atoms with Crippen molar-refractivity contribution in [1.29, 1.82) is 0 Å². The first-order valence-electron chi connectivity index (χ1n) is 6.61. The van der Waals surface area contributed by atoms with Gasteiger partial charge in [-0.3, -0.25) is 0 Å². The van der Waals surface area contributed by atoms with Gasteiger partial charge in [-0.2, -0.15) is 0 Å². The van der Waals surface area contributed by atoms with Crippen LogP contribution in [0.25, 0.3) is 0 Å². The van der Waals surface area contributed by atoms with Crippen LogP contribution in [0.2, 0.25) is 0 Å². The molecule has 0 spiro atoms. The fourth-order valence-electron chi connectivity index (χ4n) is 2.69. The number of hydrogen-bond acceptors (Lipinski definition) is 3. The van der Waals surface area contributed by atoms with Gasteiger partial charge in [0.05, 0.1) is 0 Å². The lowest BCUT2D eigenvalue weighted by Gasteiger charge is -2.35. The van der Waals surface area contributed by atoms with Crippen molar-refractivity contribution in [2.45, 2.75) is 45.3 Å². The van der Waals surface area contributed by atoms with Gasteiger partial charge in [0.15, 0.2) is 0 Å². The number of aryl methyl sites for hydroxylation is 1. The van der Waals surface area contributed by atoms with E-state index in [1.165, 1.54) is 0 Å². The minimum atomic E-state index is -0.827. The summed E-state index contributed by atoms with van der Waals surface area (Å²) in [6.45, 7) is 6.91. The Bertz CT molecular complexity index is 353. The molecule has 1 aromatic rings. The number of piperidine rings is 1. The van der Waals surface area contributed by atoms with Crippen molar-refractivity contribution in [2.75, 3.05) is 13.1 Å². The average Bonchev–Trinajstić information content (AvgIpc) is 2.80. The summed E-state index contributed by atoms with van der Waals surface area (Å²) in [5, 5.41) is 14.1. The molecule has 17 heavy (non-hydrogen) atoms. The van der Waals surface area contributed by atoms with Gasteiger partial charge in [-0.1, -0.05) is 6.92 Å². The third kappa shape index (κ3) is 2.53. The molecule has 1 saturated heterocycles. The second-order valence-corrected chi connectivity index (χ2v) is 5.14. The Hall–Kier alpha value is -0.870. The van der Waals surface area contributed by atoms with E-state index in [0.717, 1.165) is 44.7 Å². The maximum absolute atomic E-state index is 10.8. The third-order valence-electron chi connectivity index (χ3n) is 3.72. The lowest BCUT2D eigenvalue weighted by Crippen LogP contribution is -2.43. The fourth-order valence-corrected chi connectivity index (χ4v) is 2.69. The smallest absolute Gasteiger partial charge is 0.140 e. The van der Waals surface area contributed by atoms with Crippen molar-refractivity contribution >= 4 is 0 Å². The maximum atomic E-state index is 10.8. The number of imidazole rings is 1. The first kappa shape index (κ1) is 12.6. The lowest BCUT2D eigenvalue weighted by molar-refractivity contribution is -0.0263. The summed E-state index contributed by atoms with van der Waals surface area (Å²) in [5.74, 6) is 1.07. The van der Waals surface area contributed by atoms with Crippen molar-refractivity contribution in [2.24, 2.45) is 5.92 Å². The number of aliphatic hydroxyl groups is 1. The van der Waals surface area contributed by atoms with Crippen LogP contribution < -0.4 is 5.32 Å². The maximum Gasteiger partial charge on any atom is 0.140 e. The van der Waals surface area contributed by atoms with Gasteiger partial charge in [-0.15, -0.1) is 0 Å². The second kappa shape index (κ2) is 5.19. The molecular formula is C13H23N3O. The van der Waals surface area contributed by atoms with E-state index in [-0.39, 0.29) is 5.92 Å². The molecule has 1 aliphatic heterocycles. The molecule has 0 aromatic carbocycles. The van der Waals surface area contributed by atoms with Crippen LogP contribution in [0.3, 0.4) is 0 Å². The molecule has 2 N–H and O–H groups in total. The first-order valence-corrected chi connectivity index (χ1v) is 6.61. The molecule has 0 radical (unpaired) electrons. The molecule has 2 atom stereocenters. The molecule has 2 heterocycles. The molecular weight excluding hydrogens is 214 g/mol. The highest BCUT2D eigenvalue weighted by atomic mass is 16.3. The number of nitrogens with zero attached hydrogens (tertiary/aromatic N) is 2. The quantitative estimate of drug-likeness (QED) is 0.834. The number of rotatable bonds is 4. The summed E-state index contributed by atoms with van der Waals surface area (Å²) in [7, 11) is 0. The van der Waals surface area contributed by atoms with Crippen LogP contribution >= 0.6 is 0 Å². The summed E-state index contributed by atoms with van der Waals surface area (Å²) in [4.78, 5) is 4.37. The van der Waals surface area contributed by atoms with E-state index in [1.807, 2.05) is 13.1 Å². The minimum Gasteiger partial charge on any atom is -0.382 e. The summed E-state index contributed by atoms with van der Waals surface area (Å²) in [6, 6.07) is 0. The lowest BCUT2D eigenvalue weighted by atomic mass is 9.83. The van der Waals surface area contributed by atoms with E-state index in [0.29, 0.717) is 0 Å². The van der Waals surface area contributed by atoms with E-state index in [4.69, 9.17) is 0 Å². The van der Waals surface area contributed by atoms with E-state index in [1.54, 1.807) is 6.20 Å². The average molecular weight is 237 g/mol. The molecule has 1 fully saturated rings. The van der Waals surface area contributed by atoms with E-state index < -0.39 is 5.60 Å². The Balaban J connectivity index is 2.20. The Labute approximate surface area is 103 Å². The van der Waals surface area contributed by atoms with Crippen molar-refractivity contribution in [3.8, 4) is 0 Å². The number of aromatic nitrogens is 2. The van der Waals surface area contributed by atoms with Gasteiger partial charge in [0.25, 0.3) is 0 Å². The molecule has 96 valence electrons. The van der Waals surface area contributed by atoms with E-state index >= 15 is 0 Å². The molecule has 1 aliphatic rings. The number of hydrogen-bond donors (Lipinski definition) is 2. The van der Waals surface area contributed by atoms with Crippen LogP contribution in [0.4, 0.5) is 0 Å². The molecule has 1 aromatic heterocycles. The predicted octanol–water partition coefficient (Wildman–Crippen LogP) is 1.50. The van der Waals surface area contributed by atoms with Gasteiger partial charge < -0.3 is 15.0 Å². The van der Waals surface area contributed by atoms with Gasteiger partial charge in [0, 0.05) is 31.4 Å². The highest BCUT2D eigenvalue weighted by Gasteiger charge is 2.37. The Morgan fingerprint density at radius 3 is 3.12 bits per heavy atom. The standard InChI is InChI=1S/C13H23N3O/c1-3-8-16-9-7-15-12(16)13(2,17)11-5-4-6-14-10-11/h7,9,11,14,17H,3-6,8,10H2,1-2H3. The summed E-state index contributed by atoms with van der Waals surface area (Å²) >= 11 is 0. The zero-order chi connectivity index (χ0) is 12.3. The van der Waals surface area contributed by atoms with Crippen LogP contribution in [-0.4, -0.2) is 27.7 Å². The molecule has 4 nitrogen and oxygen atoms in total. The summed E-state index contributed by atoms with van der Waals surface area (Å²) < 4.78 is 2.08. The highest BCUT2D eigenvalue weighted by molar-refractivity contribution is 5.06. The largest absolute Gasteiger partial charge is 0.382 e. The summed E-state index contributed by atoms with van der Waals surface area (Å²) in [5.41, 5.74) is -0.827. The molecule has 2 rings (SSSR count). The molecule has 4 heteroatoms. The SMILES string of the molecule is CCCn1ccnc1C(C)(O)C1CCCNC1. The molecule has 0 saturated carbocycles. The monoisotopic (exact) mass is 237 g/mol. The van der Waals surface area contributed by atoms with Crippen LogP contribution in [0.5, 0.6) is 0 Å². The molecule has 0 bridgehead atoms. The molecule has 2 unspecified atom stereocenters. The Morgan fingerprint density at radius 1 is 1.65 bits per heavy atom. The predicted molar refractivity (Wildman–Crippen MR) is 67.7 cm³/mol. The zero-order valence-electron chi connectivity index (χ0n) is 10.8. The van der Waals surface area contributed by atoms with Crippen molar-refractivity contribution in [3.63, 3.8) is 0 Å².